The fourth-order valence-corrected chi connectivity index (χ4v) is 3.91. The van der Waals surface area contributed by atoms with E-state index in [2.05, 4.69) is 15.4 Å². The Bertz CT molecular complexity index is 973. The van der Waals surface area contributed by atoms with Gasteiger partial charge < -0.3 is 20.1 Å². The third kappa shape index (κ3) is 3.83. The first-order valence-electron chi connectivity index (χ1n) is 8.53. The third-order valence-electron chi connectivity index (χ3n) is 4.45. The zero-order valence-corrected chi connectivity index (χ0v) is 15.2. The zero-order valence-electron chi connectivity index (χ0n) is 14.4. The Kier molecular flexibility index (Phi) is 4.63. The van der Waals surface area contributed by atoms with Crippen LogP contribution < -0.4 is 24.8 Å². The van der Waals surface area contributed by atoms with Crippen LogP contribution in [0.25, 0.3) is 0 Å². The predicted molar refractivity (Wildman–Crippen MR) is 98.5 cm³/mol. The zero-order chi connectivity index (χ0) is 18.9. The molecule has 1 saturated heterocycles. The van der Waals surface area contributed by atoms with Crippen molar-refractivity contribution in [1.29, 1.82) is 0 Å². The molecule has 2 aliphatic heterocycles. The molecule has 4 rings (SSSR count). The highest BCUT2D eigenvalue weighted by Crippen LogP contribution is 2.34. The molecule has 0 atom stereocenters. The van der Waals surface area contributed by atoms with Crippen LogP contribution in [0.2, 0.25) is 0 Å². The quantitative estimate of drug-likeness (QED) is 0.685. The Morgan fingerprint density at radius 2 is 1.93 bits per heavy atom. The highest BCUT2D eigenvalue weighted by molar-refractivity contribution is 7.92. The molecular formula is C18H19N3O5S. The van der Waals surface area contributed by atoms with Crippen molar-refractivity contribution >= 4 is 21.6 Å². The minimum Gasteiger partial charge on any atom is -0.454 e. The van der Waals surface area contributed by atoms with Gasteiger partial charge in [0.2, 0.25) is 6.79 Å². The second-order valence-electron chi connectivity index (χ2n) is 6.44. The summed E-state index contributed by atoms with van der Waals surface area (Å²) in [7, 11) is -3.85. The largest absolute Gasteiger partial charge is 0.454 e. The van der Waals surface area contributed by atoms with E-state index >= 15 is 0 Å². The van der Waals surface area contributed by atoms with Crippen LogP contribution in [0, 0.1) is 5.92 Å². The number of carbonyl (C=O) groups is 1. The van der Waals surface area contributed by atoms with Gasteiger partial charge in [0, 0.05) is 37.2 Å². The number of ether oxygens (including phenoxy) is 2. The molecule has 0 radical (unpaired) electrons. The van der Waals surface area contributed by atoms with Gasteiger partial charge in [-0.05, 0) is 30.3 Å². The van der Waals surface area contributed by atoms with E-state index in [0.717, 1.165) is 13.1 Å². The van der Waals surface area contributed by atoms with Crippen molar-refractivity contribution in [2.75, 3.05) is 31.1 Å². The summed E-state index contributed by atoms with van der Waals surface area (Å²) < 4.78 is 38.3. The minimum absolute atomic E-state index is 0.0122. The molecule has 2 aromatic carbocycles. The van der Waals surface area contributed by atoms with Crippen LogP contribution in [-0.2, 0) is 10.0 Å². The van der Waals surface area contributed by atoms with E-state index in [1.54, 1.807) is 30.3 Å². The van der Waals surface area contributed by atoms with Gasteiger partial charge in [-0.3, -0.25) is 9.52 Å². The molecule has 2 aromatic rings. The molecule has 2 heterocycles. The van der Waals surface area contributed by atoms with Gasteiger partial charge in [-0.25, -0.2) is 8.42 Å². The summed E-state index contributed by atoms with van der Waals surface area (Å²) in [5.74, 6) is 1.18. The number of amides is 1. The Labute approximate surface area is 156 Å². The third-order valence-corrected chi connectivity index (χ3v) is 5.83. The first kappa shape index (κ1) is 17.6. The molecular weight excluding hydrogens is 370 g/mol. The maximum Gasteiger partial charge on any atom is 0.261 e. The smallest absolute Gasteiger partial charge is 0.261 e. The first-order chi connectivity index (χ1) is 13.0. The lowest BCUT2D eigenvalue weighted by Crippen LogP contribution is -2.48. The number of anilines is 1. The van der Waals surface area contributed by atoms with Gasteiger partial charge in [-0.1, -0.05) is 6.07 Å². The molecule has 0 saturated carbocycles. The predicted octanol–water partition coefficient (Wildman–Crippen LogP) is 1.17. The minimum atomic E-state index is -3.85. The van der Waals surface area contributed by atoms with Crippen LogP contribution >= 0.6 is 0 Å². The van der Waals surface area contributed by atoms with Gasteiger partial charge in [-0.2, -0.15) is 0 Å². The maximum atomic E-state index is 12.7. The number of hydrogen-bond acceptors (Lipinski definition) is 6. The number of fused-ring (bicyclic) bond motifs is 1. The number of rotatable bonds is 6. The molecule has 0 aliphatic carbocycles. The van der Waals surface area contributed by atoms with Crippen molar-refractivity contribution in [3.05, 3.63) is 48.0 Å². The van der Waals surface area contributed by atoms with Gasteiger partial charge in [0.15, 0.2) is 11.5 Å². The van der Waals surface area contributed by atoms with E-state index in [0.29, 0.717) is 35.2 Å². The molecule has 0 bridgehead atoms. The molecule has 2 aliphatic rings. The fraction of sp³-hybridized carbons (Fsp3) is 0.278. The second-order valence-corrected chi connectivity index (χ2v) is 8.12. The molecule has 9 heteroatoms. The van der Waals surface area contributed by atoms with Crippen molar-refractivity contribution in [2.45, 2.75) is 4.90 Å². The van der Waals surface area contributed by atoms with E-state index in [1.165, 1.54) is 12.1 Å². The van der Waals surface area contributed by atoms with Gasteiger partial charge in [-0.15, -0.1) is 0 Å². The highest BCUT2D eigenvalue weighted by Gasteiger charge is 2.20. The van der Waals surface area contributed by atoms with Crippen LogP contribution in [0.5, 0.6) is 11.5 Å². The molecule has 1 amide bonds. The molecule has 142 valence electrons. The standard InChI is InChI=1S/C18H19N3O5S/c22-18(20-10-12-8-19-9-12)13-2-1-3-15(6-13)27(23,24)21-14-4-5-16-17(7-14)26-11-25-16/h1-7,12,19,21H,8-11H2,(H,20,22). The SMILES string of the molecule is O=C(NCC1CNC1)c1cccc(S(=O)(=O)Nc2ccc3c(c2)OCO3)c1. The topological polar surface area (TPSA) is 106 Å². The van der Waals surface area contributed by atoms with Gasteiger partial charge >= 0.3 is 0 Å². The van der Waals surface area contributed by atoms with Crippen molar-refractivity contribution in [2.24, 2.45) is 5.92 Å². The first-order valence-corrected chi connectivity index (χ1v) is 10.0. The molecule has 0 aromatic heterocycles. The molecule has 0 unspecified atom stereocenters. The van der Waals surface area contributed by atoms with Crippen LogP contribution in [0.15, 0.2) is 47.4 Å². The Balaban J connectivity index is 1.48. The van der Waals surface area contributed by atoms with Crippen LogP contribution in [-0.4, -0.2) is 40.8 Å². The lowest BCUT2D eigenvalue weighted by Gasteiger charge is -2.27. The Morgan fingerprint density at radius 1 is 1.11 bits per heavy atom. The maximum absolute atomic E-state index is 12.7. The van der Waals surface area contributed by atoms with Crippen molar-refractivity contribution in [3.63, 3.8) is 0 Å². The summed E-state index contributed by atoms with van der Waals surface area (Å²) in [6, 6.07) is 10.7. The van der Waals surface area contributed by atoms with Gasteiger partial charge in [0.1, 0.15) is 0 Å². The Hall–Kier alpha value is -2.78. The summed E-state index contributed by atoms with van der Waals surface area (Å²) >= 11 is 0. The average Bonchev–Trinajstić information content (AvgIpc) is 3.08. The summed E-state index contributed by atoms with van der Waals surface area (Å²) in [4.78, 5) is 12.3. The van der Waals surface area contributed by atoms with E-state index < -0.39 is 10.0 Å². The number of carbonyl (C=O) groups excluding carboxylic acids is 1. The lowest BCUT2D eigenvalue weighted by molar-refractivity contribution is 0.0942. The van der Waals surface area contributed by atoms with Crippen LogP contribution in [0.3, 0.4) is 0 Å². The van der Waals surface area contributed by atoms with Crippen LogP contribution in [0.1, 0.15) is 10.4 Å². The van der Waals surface area contributed by atoms with E-state index in [-0.39, 0.29) is 17.6 Å². The molecule has 0 spiro atoms. The second kappa shape index (κ2) is 7.09. The van der Waals surface area contributed by atoms with Crippen molar-refractivity contribution in [3.8, 4) is 11.5 Å². The number of hydrogen-bond donors (Lipinski definition) is 3. The fourth-order valence-electron chi connectivity index (χ4n) is 2.81. The summed E-state index contributed by atoms with van der Waals surface area (Å²) in [6.45, 7) is 2.44. The number of benzene rings is 2. The van der Waals surface area contributed by atoms with E-state index in [9.17, 15) is 13.2 Å². The summed E-state index contributed by atoms with van der Waals surface area (Å²) in [5.41, 5.74) is 0.655. The number of nitrogens with one attached hydrogen (secondary N) is 3. The van der Waals surface area contributed by atoms with E-state index in [1.807, 2.05) is 0 Å². The average molecular weight is 389 g/mol. The van der Waals surface area contributed by atoms with Crippen LogP contribution in [0.4, 0.5) is 5.69 Å². The van der Waals surface area contributed by atoms with Crippen molar-refractivity contribution < 1.29 is 22.7 Å². The van der Waals surface area contributed by atoms with Gasteiger partial charge in [0.25, 0.3) is 15.9 Å². The summed E-state index contributed by atoms with van der Waals surface area (Å²) in [5, 5.41) is 5.97. The highest BCUT2D eigenvalue weighted by atomic mass is 32.2. The van der Waals surface area contributed by atoms with E-state index in [4.69, 9.17) is 9.47 Å². The molecule has 8 nitrogen and oxygen atoms in total. The molecule has 3 N–H and O–H groups in total. The molecule has 1 fully saturated rings. The Morgan fingerprint density at radius 3 is 2.70 bits per heavy atom. The normalized spacial score (nSPS) is 15.9. The van der Waals surface area contributed by atoms with Crippen molar-refractivity contribution in [1.82, 2.24) is 10.6 Å². The monoisotopic (exact) mass is 389 g/mol. The lowest BCUT2D eigenvalue weighted by atomic mass is 10.0. The molecule has 27 heavy (non-hydrogen) atoms. The number of sulfonamides is 1. The van der Waals surface area contributed by atoms with Gasteiger partial charge in [0.05, 0.1) is 10.6 Å². The summed E-state index contributed by atoms with van der Waals surface area (Å²) in [6.07, 6.45) is 0.